The fraction of sp³-hybridized carbons (Fsp3) is 0.438. The number of aromatic nitrogens is 2. The molecule has 0 spiro atoms. The van der Waals surface area contributed by atoms with Crippen molar-refractivity contribution in [3.8, 4) is 0 Å². The number of benzene rings is 1. The van der Waals surface area contributed by atoms with Crippen LogP contribution in [0.3, 0.4) is 0 Å². The topological polar surface area (TPSA) is 29.9 Å². The first-order chi connectivity index (χ1) is 9.63. The molecule has 1 aromatic carbocycles. The molecule has 1 aromatic heterocycles. The van der Waals surface area contributed by atoms with Crippen LogP contribution >= 0.6 is 0 Å². The van der Waals surface area contributed by atoms with Gasteiger partial charge in [-0.2, -0.15) is 0 Å². The molecule has 0 unspecified atom stereocenters. The van der Waals surface area contributed by atoms with Gasteiger partial charge in [-0.25, -0.2) is 9.37 Å². The minimum atomic E-state index is -0.102. The van der Waals surface area contributed by atoms with Gasteiger partial charge in [0.15, 0.2) is 0 Å². The minimum absolute atomic E-state index is 0.102. The van der Waals surface area contributed by atoms with Gasteiger partial charge in [0.1, 0.15) is 5.82 Å². The zero-order chi connectivity index (χ0) is 14.1. The summed E-state index contributed by atoms with van der Waals surface area (Å²) in [4.78, 5) is 4.23. The van der Waals surface area contributed by atoms with Crippen LogP contribution in [0.25, 0.3) is 0 Å². The van der Waals surface area contributed by atoms with E-state index < -0.39 is 0 Å². The van der Waals surface area contributed by atoms with E-state index in [0.29, 0.717) is 17.2 Å². The van der Waals surface area contributed by atoms with Gasteiger partial charge < -0.3 is 9.88 Å². The number of hydrogen-bond acceptors (Lipinski definition) is 2. The van der Waals surface area contributed by atoms with Gasteiger partial charge in [-0.05, 0) is 43.4 Å². The fourth-order valence-corrected chi connectivity index (χ4v) is 2.50. The number of imidazole rings is 1. The van der Waals surface area contributed by atoms with Gasteiger partial charge in [-0.3, -0.25) is 0 Å². The number of aryl methyl sites for hydroxylation is 2. The summed E-state index contributed by atoms with van der Waals surface area (Å²) in [6.45, 7) is 5.22. The third-order valence-corrected chi connectivity index (χ3v) is 3.80. The Labute approximate surface area is 118 Å². The quantitative estimate of drug-likeness (QED) is 0.907. The van der Waals surface area contributed by atoms with Crippen molar-refractivity contribution in [3.05, 3.63) is 52.9 Å². The molecule has 3 nitrogen and oxygen atoms in total. The Balaban J connectivity index is 1.75. The molecule has 3 rings (SSSR count). The SMILES string of the molecule is Cc1cc(Cn2cncc2CNC2CC2)cc(C)c1F. The number of nitrogens with one attached hydrogen (secondary N) is 1. The van der Waals surface area contributed by atoms with E-state index in [4.69, 9.17) is 0 Å². The summed E-state index contributed by atoms with van der Waals surface area (Å²) in [6, 6.07) is 4.52. The summed E-state index contributed by atoms with van der Waals surface area (Å²) >= 11 is 0. The third kappa shape index (κ3) is 2.90. The minimum Gasteiger partial charge on any atom is -0.329 e. The maximum Gasteiger partial charge on any atom is 0.129 e. The van der Waals surface area contributed by atoms with Crippen molar-refractivity contribution >= 4 is 0 Å². The van der Waals surface area contributed by atoms with Gasteiger partial charge in [-0.1, -0.05) is 12.1 Å². The molecule has 20 heavy (non-hydrogen) atoms. The predicted octanol–water partition coefficient (Wildman–Crippen LogP) is 2.94. The summed E-state index contributed by atoms with van der Waals surface area (Å²) in [6.07, 6.45) is 6.31. The second kappa shape index (κ2) is 5.37. The molecule has 2 aromatic rings. The highest BCUT2D eigenvalue weighted by Gasteiger charge is 2.20. The summed E-state index contributed by atoms with van der Waals surface area (Å²) in [5, 5.41) is 3.50. The molecular weight excluding hydrogens is 253 g/mol. The van der Waals surface area contributed by atoms with E-state index in [-0.39, 0.29) is 5.82 Å². The van der Waals surface area contributed by atoms with E-state index in [1.165, 1.54) is 18.5 Å². The summed E-state index contributed by atoms with van der Waals surface area (Å²) in [5.74, 6) is -0.102. The van der Waals surface area contributed by atoms with Gasteiger partial charge in [-0.15, -0.1) is 0 Å². The smallest absolute Gasteiger partial charge is 0.129 e. The second-order valence-corrected chi connectivity index (χ2v) is 5.71. The number of halogens is 1. The Kier molecular flexibility index (Phi) is 3.57. The van der Waals surface area contributed by atoms with E-state index in [1.807, 2.05) is 38.5 Å². The molecule has 0 bridgehead atoms. The lowest BCUT2D eigenvalue weighted by atomic mass is 10.1. The van der Waals surface area contributed by atoms with Crippen molar-refractivity contribution in [2.75, 3.05) is 0 Å². The van der Waals surface area contributed by atoms with Crippen molar-refractivity contribution in [2.45, 2.75) is 45.8 Å². The van der Waals surface area contributed by atoms with Gasteiger partial charge in [0.05, 0.1) is 12.0 Å². The number of hydrogen-bond donors (Lipinski definition) is 1. The highest BCUT2D eigenvalue weighted by Crippen LogP contribution is 2.20. The largest absolute Gasteiger partial charge is 0.329 e. The summed E-state index contributed by atoms with van der Waals surface area (Å²) in [7, 11) is 0. The Morgan fingerprint density at radius 1 is 1.30 bits per heavy atom. The highest BCUT2D eigenvalue weighted by molar-refractivity contribution is 5.30. The lowest BCUT2D eigenvalue weighted by Gasteiger charge is -2.11. The molecule has 106 valence electrons. The molecule has 0 atom stereocenters. The van der Waals surface area contributed by atoms with Crippen LogP contribution in [0.15, 0.2) is 24.7 Å². The monoisotopic (exact) mass is 273 g/mol. The van der Waals surface area contributed by atoms with E-state index in [1.54, 1.807) is 0 Å². The average molecular weight is 273 g/mol. The number of nitrogens with zero attached hydrogens (tertiary/aromatic N) is 2. The molecule has 1 fully saturated rings. The Hall–Kier alpha value is -1.68. The van der Waals surface area contributed by atoms with Crippen LogP contribution in [-0.4, -0.2) is 15.6 Å². The molecule has 1 heterocycles. The molecular formula is C16H20FN3. The van der Waals surface area contributed by atoms with Crippen LogP contribution in [-0.2, 0) is 13.1 Å². The first-order valence-corrected chi connectivity index (χ1v) is 7.11. The van der Waals surface area contributed by atoms with Gasteiger partial charge in [0.2, 0.25) is 0 Å². The molecule has 0 amide bonds. The maximum absolute atomic E-state index is 13.7. The molecule has 0 saturated heterocycles. The van der Waals surface area contributed by atoms with Crippen LogP contribution < -0.4 is 5.32 Å². The molecule has 0 aliphatic heterocycles. The average Bonchev–Trinajstić information content (AvgIpc) is 3.14. The molecule has 1 N–H and O–H groups in total. The first kappa shape index (κ1) is 13.3. The van der Waals surface area contributed by atoms with Crippen LogP contribution in [0.2, 0.25) is 0 Å². The first-order valence-electron chi connectivity index (χ1n) is 7.11. The van der Waals surface area contributed by atoms with E-state index in [2.05, 4.69) is 14.9 Å². The Bertz CT molecular complexity index is 591. The van der Waals surface area contributed by atoms with Crippen molar-refractivity contribution < 1.29 is 4.39 Å². The van der Waals surface area contributed by atoms with Crippen molar-refractivity contribution in [1.82, 2.24) is 14.9 Å². The van der Waals surface area contributed by atoms with E-state index in [0.717, 1.165) is 18.7 Å². The summed E-state index contributed by atoms with van der Waals surface area (Å²) in [5.41, 5.74) is 3.71. The predicted molar refractivity (Wildman–Crippen MR) is 77.1 cm³/mol. The molecule has 0 radical (unpaired) electrons. The molecule has 4 heteroatoms. The maximum atomic E-state index is 13.7. The third-order valence-electron chi connectivity index (χ3n) is 3.80. The second-order valence-electron chi connectivity index (χ2n) is 5.71. The Morgan fingerprint density at radius 2 is 2.00 bits per heavy atom. The number of rotatable bonds is 5. The van der Waals surface area contributed by atoms with Crippen molar-refractivity contribution in [3.63, 3.8) is 0 Å². The molecule has 1 aliphatic carbocycles. The Morgan fingerprint density at radius 3 is 2.65 bits per heavy atom. The van der Waals surface area contributed by atoms with Crippen LogP contribution in [0.4, 0.5) is 4.39 Å². The zero-order valence-electron chi connectivity index (χ0n) is 12.0. The van der Waals surface area contributed by atoms with Crippen molar-refractivity contribution in [2.24, 2.45) is 0 Å². The van der Waals surface area contributed by atoms with Gasteiger partial charge >= 0.3 is 0 Å². The van der Waals surface area contributed by atoms with Crippen LogP contribution in [0, 0.1) is 19.7 Å². The lowest BCUT2D eigenvalue weighted by molar-refractivity contribution is 0.605. The molecule has 1 aliphatic rings. The van der Waals surface area contributed by atoms with E-state index >= 15 is 0 Å². The van der Waals surface area contributed by atoms with Crippen molar-refractivity contribution in [1.29, 1.82) is 0 Å². The van der Waals surface area contributed by atoms with Crippen LogP contribution in [0.1, 0.15) is 35.2 Å². The molecule has 1 saturated carbocycles. The zero-order valence-corrected chi connectivity index (χ0v) is 12.0. The van der Waals surface area contributed by atoms with Gasteiger partial charge in [0.25, 0.3) is 0 Å². The standard InChI is InChI=1S/C16H20FN3/c1-11-5-13(6-12(2)16(11)17)9-20-10-18-7-15(20)8-19-14-3-4-14/h5-7,10,14,19H,3-4,8-9H2,1-2H3. The highest BCUT2D eigenvalue weighted by atomic mass is 19.1. The van der Waals surface area contributed by atoms with Crippen LogP contribution in [0.5, 0.6) is 0 Å². The van der Waals surface area contributed by atoms with Gasteiger partial charge in [0, 0.05) is 25.3 Å². The lowest BCUT2D eigenvalue weighted by Crippen LogP contribution is -2.18. The normalized spacial score (nSPS) is 14.8. The summed E-state index contributed by atoms with van der Waals surface area (Å²) < 4.78 is 15.8. The fourth-order valence-electron chi connectivity index (χ4n) is 2.50. The van der Waals surface area contributed by atoms with E-state index in [9.17, 15) is 4.39 Å².